The lowest BCUT2D eigenvalue weighted by Gasteiger charge is -2.12. The molecule has 1 aromatic rings. The standard InChI is InChI=1S/C10H13F2NO2/c1-15-7-3-2-6(9(14)5-7)4-8(13)10(11)12/h2-3,5,8,10,14H,4,13H2,1H3. The van der Waals surface area contributed by atoms with Crippen molar-refractivity contribution in [3.8, 4) is 11.5 Å². The molecule has 0 fully saturated rings. The van der Waals surface area contributed by atoms with Crippen LogP contribution in [0.1, 0.15) is 5.56 Å². The highest BCUT2D eigenvalue weighted by atomic mass is 19.3. The van der Waals surface area contributed by atoms with Gasteiger partial charge in [0.05, 0.1) is 13.2 Å². The molecule has 1 unspecified atom stereocenters. The number of phenols is 1. The molecule has 0 aliphatic rings. The zero-order chi connectivity index (χ0) is 11.4. The molecule has 0 aromatic heterocycles. The Bertz CT molecular complexity index is 331. The van der Waals surface area contributed by atoms with Gasteiger partial charge in [-0.3, -0.25) is 0 Å². The van der Waals surface area contributed by atoms with E-state index < -0.39 is 12.5 Å². The summed E-state index contributed by atoms with van der Waals surface area (Å²) >= 11 is 0. The topological polar surface area (TPSA) is 55.5 Å². The Hall–Kier alpha value is -1.36. The maximum Gasteiger partial charge on any atom is 0.253 e. The molecule has 84 valence electrons. The monoisotopic (exact) mass is 217 g/mol. The van der Waals surface area contributed by atoms with E-state index in [1.165, 1.54) is 19.2 Å². The van der Waals surface area contributed by atoms with Crippen LogP contribution < -0.4 is 10.5 Å². The van der Waals surface area contributed by atoms with Crippen LogP contribution in [0.3, 0.4) is 0 Å². The molecule has 0 radical (unpaired) electrons. The number of ether oxygens (including phenoxy) is 1. The molecule has 3 nitrogen and oxygen atoms in total. The highest BCUT2D eigenvalue weighted by molar-refractivity contribution is 5.40. The van der Waals surface area contributed by atoms with Gasteiger partial charge in [-0.15, -0.1) is 0 Å². The summed E-state index contributed by atoms with van der Waals surface area (Å²) in [5.41, 5.74) is 5.59. The number of alkyl halides is 2. The Labute approximate surface area is 86.5 Å². The van der Waals surface area contributed by atoms with Gasteiger partial charge in [0.15, 0.2) is 0 Å². The van der Waals surface area contributed by atoms with Crippen molar-refractivity contribution in [3.05, 3.63) is 23.8 Å². The molecule has 0 bridgehead atoms. The second kappa shape index (κ2) is 4.93. The molecule has 0 aliphatic carbocycles. The van der Waals surface area contributed by atoms with Crippen LogP contribution in [0.5, 0.6) is 11.5 Å². The van der Waals surface area contributed by atoms with Crippen LogP contribution in [0.2, 0.25) is 0 Å². The molecule has 1 rings (SSSR count). The molecule has 0 aliphatic heterocycles. The summed E-state index contributed by atoms with van der Waals surface area (Å²) in [5, 5.41) is 9.47. The Balaban J connectivity index is 2.78. The smallest absolute Gasteiger partial charge is 0.253 e. The summed E-state index contributed by atoms with van der Waals surface area (Å²) in [5.74, 6) is 0.396. The summed E-state index contributed by atoms with van der Waals surface area (Å²) in [6, 6.07) is 3.22. The first-order valence-corrected chi connectivity index (χ1v) is 4.44. The summed E-state index contributed by atoms with van der Waals surface area (Å²) in [7, 11) is 1.46. The van der Waals surface area contributed by atoms with Gasteiger partial charge < -0.3 is 15.6 Å². The van der Waals surface area contributed by atoms with Crippen molar-refractivity contribution >= 4 is 0 Å². The number of phenolic OH excluding ortho intramolecular Hbond substituents is 1. The first kappa shape index (κ1) is 11.7. The Morgan fingerprint density at radius 1 is 1.47 bits per heavy atom. The normalized spacial score (nSPS) is 12.9. The predicted molar refractivity (Wildman–Crippen MR) is 52.3 cm³/mol. The maximum atomic E-state index is 12.2. The first-order chi connectivity index (χ1) is 7.04. The molecular weight excluding hydrogens is 204 g/mol. The number of benzene rings is 1. The van der Waals surface area contributed by atoms with Crippen LogP contribution in [-0.4, -0.2) is 24.7 Å². The molecule has 5 heteroatoms. The molecule has 0 spiro atoms. The van der Waals surface area contributed by atoms with Crippen LogP contribution >= 0.6 is 0 Å². The van der Waals surface area contributed by atoms with Crippen molar-refractivity contribution in [2.45, 2.75) is 18.9 Å². The summed E-state index contributed by atoms with van der Waals surface area (Å²) in [4.78, 5) is 0. The lowest BCUT2D eigenvalue weighted by molar-refractivity contribution is 0.115. The first-order valence-electron chi connectivity index (χ1n) is 4.44. The van der Waals surface area contributed by atoms with E-state index in [4.69, 9.17) is 10.5 Å². The molecule has 0 heterocycles. The number of hydrogen-bond donors (Lipinski definition) is 2. The van der Waals surface area contributed by atoms with E-state index in [1.807, 2.05) is 0 Å². The highest BCUT2D eigenvalue weighted by Crippen LogP contribution is 2.24. The van der Waals surface area contributed by atoms with Gasteiger partial charge in [0.2, 0.25) is 0 Å². The lowest BCUT2D eigenvalue weighted by Crippen LogP contribution is -2.30. The van der Waals surface area contributed by atoms with Crippen molar-refractivity contribution in [2.75, 3.05) is 7.11 Å². The average Bonchev–Trinajstić information content (AvgIpc) is 2.20. The van der Waals surface area contributed by atoms with E-state index in [-0.39, 0.29) is 12.2 Å². The molecular formula is C10H13F2NO2. The molecule has 0 saturated heterocycles. The predicted octanol–water partition coefficient (Wildman–Crippen LogP) is 1.54. The van der Waals surface area contributed by atoms with E-state index in [0.29, 0.717) is 11.3 Å². The second-order valence-electron chi connectivity index (χ2n) is 3.20. The fourth-order valence-corrected chi connectivity index (χ4v) is 1.19. The van der Waals surface area contributed by atoms with Gasteiger partial charge in [0.25, 0.3) is 6.43 Å². The van der Waals surface area contributed by atoms with Gasteiger partial charge in [0, 0.05) is 6.07 Å². The number of rotatable bonds is 4. The minimum Gasteiger partial charge on any atom is -0.508 e. The molecule has 0 amide bonds. The van der Waals surface area contributed by atoms with E-state index in [2.05, 4.69) is 0 Å². The Morgan fingerprint density at radius 2 is 2.13 bits per heavy atom. The summed E-state index contributed by atoms with van der Waals surface area (Å²) in [6.45, 7) is 0. The largest absolute Gasteiger partial charge is 0.508 e. The number of methoxy groups -OCH3 is 1. The van der Waals surface area contributed by atoms with Crippen molar-refractivity contribution < 1.29 is 18.6 Å². The van der Waals surface area contributed by atoms with Crippen molar-refractivity contribution in [3.63, 3.8) is 0 Å². The Morgan fingerprint density at radius 3 is 2.60 bits per heavy atom. The molecule has 3 N–H and O–H groups in total. The van der Waals surface area contributed by atoms with Gasteiger partial charge >= 0.3 is 0 Å². The van der Waals surface area contributed by atoms with Gasteiger partial charge in [-0.1, -0.05) is 6.07 Å². The quantitative estimate of drug-likeness (QED) is 0.804. The third-order valence-corrected chi connectivity index (χ3v) is 2.07. The summed E-state index contributed by atoms with van der Waals surface area (Å²) < 4.78 is 29.2. The third-order valence-electron chi connectivity index (χ3n) is 2.07. The van der Waals surface area contributed by atoms with E-state index in [0.717, 1.165) is 0 Å². The number of aromatic hydroxyl groups is 1. The van der Waals surface area contributed by atoms with E-state index in [1.54, 1.807) is 6.07 Å². The van der Waals surface area contributed by atoms with Gasteiger partial charge in [0.1, 0.15) is 11.5 Å². The van der Waals surface area contributed by atoms with E-state index in [9.17, 15) is 13.9 Å². The van der Waals surface area contributed by atoms with Crippen LogP contribution in [0.25, 0.3) is 0 Å². The van der Waals surface area contributed by atoms with Gasteiger partial charge in [-0.05, 0) is 18.1 Å². The molecule has 15 heavy (non-hydrogen) atoms. The number of nitrogens with two attached hydrogens (primary N) is 1. The highest BCUT2D eigenvalue weighted by Gasteiger charge is 2.17. The van der Waals surface area contributed by atoms with Crippen LogP contribution in [0.4, 0.5) is 8.78 Å². The minimum atomic E-state index is -2.59. The number of halogens is 2. The van der Waals surface area contributed by atoms with Crippen LogP contribution in [0.15, 0.2) is 18.2 Å². The summed E-state index contributed by atoms with van der Waals surface area (Å²) in [6.07, 6.45) is -2.65. The third kappa shape index (κ3) is 3.06. The number of hydrogen-bond acceptors (Lipinski definition) is 3. The van der Waals surface area contributed by atoms with Crippen molar-refractivity contribution in [2.24, 2.45) is 5.73 Å². The fraction of sp³-hybridized carbons (Fsp3) is 0.400. The van der Waals surface area contributed by atoms with Gasteiger partial charge in [-0.2, -0.15) is 0 Å². The van der Waals surface area contributed by atoms with Crippen molar-refractivity contribution in [1.29, 1.82) is 0 Å². The lowest BCUT2D eigenvalue weighted by atomic mass is 10.1. The van der Waals surface area contributed by atoms with Crippen LogP contribution in [-0.2, 0) is 6.42 Å². The van der Waals surface area contributed by atoms with Gasteiger partial charge in [-0.25, -0.2) is 8.78 Å². The van der Waals surface area contributed by atoms with Crippen LogP contribution in [0, 0.1) is 0 Å². The zero-order valence-electron chi connectivity index (χ0n) is 8.28. The molecule has 1 atom stereocenters. The SMILES string of the molecule is COc1ccc(CC(N)C(F)F)c(O)c1. The van der Waals surface area contributed by atoms with Crippen molar-refractivity contribution in [1.82, 2.24) is 0 Å². The minimum absolute atomic E-state index is 0.0620. The Kier molecular flexibility index (Phi) is 3.85. The van der Waals surface area contributed by atoms with E-state index >= 15 is 0 Å². The molecule has 0 saturated carbocycles. The maximum absolute atomic E-state index is 12.2. The zero-order valence-corrected chi connectivity index (χ0v) is 8.28. The fourth-order valence-electron chi connectivity index (χ4n) is 1.19. The average molecular weight is 217 g/mol. The molecule has 1 aromatic carbocycles. The second-order valence-corrected chi connectivity index (χ2v) is 3.20.